The number of hydrogen-bond donors (Lipinski definition) is 1. The largest absolute Gasteiger partial charge is 0.493 e. The molecule has 0 aliphatic heterocycles. The number of carbonyl (C=O) groups excluding carboxylic acids is 1. The minimum absolute atomic E-state index is 0.132. The van der Waals surface area contributed by atoms with E-state index in [-0.39, 0.29) is 18.2 Å². The van der Waals surface area contributed by atoms with Crippen LogP contribution in [0.1, 0.15) is 12.5 Å². The number of nitrogens with zero attached hydrogens (tertiary/aromatic N) is 1. The Balaban J connectivity index is 2.96. The third-order valence-electron chi connectivity index (χ3n) is 3.45. The monoisotopic (exact) mass is 352 g/mol. The van der Waals surface area contributed by atoms with E-state index in [1.807, 2.05) is 0 Å². The molecule has 1 aromatic rings. The number of ketones is 1. The molecule has 0 aliphatic rings. The molecule has 0 bridgehead atoms. The van der Waals surface area contributed by atoms with Crippen LogP contribution in [0, 0.1) is 0 Å². The fraction of sp³-hybridized carbons (Fsp3) is 0.529. The van der Waals surface area contributed by atoms with Gasteiger partial charge in [-0.1, -0.05) is 19.6 Å². The van der Waals surface area contributed by atoms with Gasteiger partial charge in [-0.25, -0.2) is 0 Å². The molecule has 0 heterocycles. The summed E-state index contributed by atoms with van der Waals surface area (Å²) in [6.45, 7) is 9.08. The molecule has 0 aliphatic carbocycles. The second kappa shape index (κ2) is 8.84. The Morgan fingerprint density at radius 3 is 2.25 bits per heavy atom. The molecule has 0 saturated heterocycles. The summed E-state index contributed by atoms with van der Waals surface area (Å²) >= 11 is 0. The molecule has 6 nitrogen and oxygen atoms in total. The Hall–Kier alpha value is -1.86. The molecular formula is C17H28N2O4Si. The van der Waals surface area contributed by atoms with E-state index in [1.54, 1.807) is 12.1 Å². The summed E-state index contributed by atoms with van der Waals surface area (Å²) in [5.41, 5.74) is 7.25. The number of nitrogen functional groups attached to an aromatic ring is 1. The molecule has 0 radical (unpaired) electrons. The van der Waals surface area contributed by atoms with E-state index < -0.39 is 8.07 Å². The summed E-state index contributed by atoms with van der Waals surface area (Å²) in [6, 6.07) is 4.34. The number of Topliss-reactive ketones (excluding diaryl/α,β-unsaturated/α-hetero) is 1. The maximum atomic E-state index is 12.0. The number of anilines is 1. The number of carbonyl (C=O) groups is 1. The van der Waals surface area contributed by atoms with Crippen molar-refractivity contribution in [3.05, 3.63) is 17.7 Å². The van der Waals surface area contributed by atoms with Gasteiger partial charge in [-0.3, -0.25) is 9.79 Å². The Labute approximate surface area is 145 Å². The van der Waals surface area contributed by atoms with Crippen molar-refractivity contribution in [3.8, 4) is 11.5 Å². The van der Waals surface area contributed by atoms with Crippen LogP contribution in [-0.2, 0) is 9.53 Å². The van der Waals surface area contributed by atoms with E-state index in [9.17, 15) is 4.79 Å². The average molecular weight is 353 g/mol. The number of rotatable bonds is 9. The van der Waals surface area contributed by atoms with Gasteiger partial charge in [0.2, 0.25) is 0 Å². The fourth-order valence-corrected chi connectivity index (χ4v) is 2.80. The van der Waals surface area contributed by atoms with Gasteiger partial charge < -0.3 is 19.9 Å². The molecular weight excluding hydrogens is 324 g/mol. The second-order valence-corrected chi connectivity index (χ2v) is 12.3. The molecule has 0 spiro atoms. The first-order valence-electron chi connectivity index (χ1n) is 7.84. The molecule has 24 heavy (non-hydrogen) atoms. The second-order valence-electron chi connectivity index (χ2n) is 6.71. The number of ether oxygens (including phenoxy) is 3. The minimum Gasteiger partial charge on any atom is -0.493 e. The molecule has 0 aromatic heterocycles. The van der Waals surface area contributed by atoms with Crippen LogP contribution >= 0.6 is 0 Å². The Morgan fingerprint density at radius 1 is 1.17 bits per heavy atom. The van der Waals surface area contributed by atoms with Gasteiger partial charge in [0.05, 0.1) is 14.2 Å². The van der Waals surface area contributed by atoms with Crippen LogP contribution in [0.3, 0.4) is 0 Å². The van der Waals surface area contributed by atoms with E-state index in [0.717, 1.165) is 6.04 Å². The lowest BCUT2D eigenvalue weighted by molar-refractivity contribution is -0.111. The summed E-state index contributed by atoms with van der Waals surface area (Å²) in [4.78, 5) is 16.3. The van der Waals surface area contributed by atoms with Crippen LogP contribution in [0.5, 0.6) is 11.5 Å². The van der Waals surface area contributed by atoms with Crippen molar-refractivity contribution in [2.75, 3.05) is 33.3 Å². The summed E-state index contributed by atoms with van der Waals surface area (Å²) in [6.07, 6.45) is 0. The lowest BCUT2D eigenvalue weighted by atomic mass is 10.0. The molecule has 2 N–H and O–H groups in total. The molecule has 134 valence electrons. The molecule has 0 unspecified atom stereocenters. The van der Waals surface area contributed by atoms with E-state index in [2.05, 4.69) is 24.6 Å². The predicted molar refractivity (Wildman–Crippen MR) is 100 cm³/mol. The number of methoxy groups -OCH3 is 2. The van der Waals surface area contributed by atoms with E-state index in [1.165, 1.54) is 21.1 Å². The van der Waals surface area contributed by atoms with Gasteiger partial charge in [-0.2, -0.15) is 0 Å². The minimum atomic E-state index is -1.14. The lowest BCUT2D eigenvalue weighted by Crippen LogP contribution is -2.22. The van der Waals surface area contributed by atoms with Gasteiger partial charge >= 0.3 is 0 Å². The normalized spacial score (nSPS) is 12.2. The van der Waals surface area contributed by atoms with Crippen molar-refractivity contribution in [1.82, 2.24) is 0 Å². The van der Waals surface area contributed by atoms with E-state index in [0.29, 0.717) is 29.4 Å². The van der Waals surface area contributed by atoms with Crippen LogP contribution < -0.4 is 15.2 Å². The molecule has 0 fully saturated rings. The van der Waals surface area contributed by atoms with Crippen molar-refractivity contribution in [3.63, 3.8) is 0 Å². The molecule has 1 aromatic carbocycles. The van der Waals surface area contributed by atoms with Crippen molar-refractivity contribution < 1.29 is 19.0 Å². The van der Waals surface area contributed by atoms with Crippen molar-refractivity contribution in [2.24, 2.45) is 4.99 Å². The molecule has 0 saturated carbocycles. The standard InChI is InChI=1S/C17H28N2O4Si/c1-12(20)17(19-11-23-7-8-24(4,5)6)13-9-15(21-2)16(22-3)10-14(13)18/h9-10H,7-8,11,18H2,1-6H3. The Morgan fingerprint density at radius 2 is 1.75 bits per heavy atom. The summed E-state index contributed by atoms with van der Waals surface area (Å²) in [5.74, 6) is 0.825. The lowest BCUT2D eigenvalue weighted by Gasteiger charge is -2.15. The highest BCUT2D eigenvalue weighted by atomic mass is 28.3. The fourth-order valence-electron chi connectivity index (χ4n) is 2.04. The number of aliphatic imine (C=N–C) groups is 1. The van der Waals surface area contributed by atoms with Gasteiger partial charge in [-0.15, -0.1) is 0 Å². The SMILES string of the molecule is COc1cc(N)c(C(=NCOCC[Si](C)(C)C)C(C)=O)cc1OC. The molecule has 0 atom stereocenters. The number of hydrogen-bond acceptors (Lipinski definition) is 6. The van der Waals surface area contributed by atoms with Gasteiger partial charge in [0.1, 0.15) is 12.4 Å². The van der Waals surface area contributed by atoms with Gasteiger partial charge in [0.25, 0.3) is 0 Å². The Bertz CT molecular complexity index is 609. The summed E-state index contributed by atoms with van der Waals surface area (Å²) < 4.78 is 16.0. The third kappa shape index (κ3) is 5.97. The maximum absolute atomic E-state index is 12.0. The van der Waals surface area contributed by atoms with Crippen LogP contribution in [-0.4, -0.2) is 47.1 Å². The highest BCUT2D eigenvalue weighted by Crippen LogP contribution is 2.32. The quantitative estimate of drug-likeness (QED) is 0.320. The highest BCUT2D eigenvalue weighted by molar-refractivity contribution is 6.76. The van der Waals surface area contributed by atoms with Crippen LogP contribution in [0.4, 0.5) is 5.69 Å². The highest BCUT2D eigenvalue weighted by Gasteiger charge is 2.17. The van der Waals surface area contributed by atoms with Crippen LogP contribution in [0.15, 0.2) is 17.1 Å². The van der Waals surface area contributed by atoms with Gasteiger partial charge in [-0.05, 0) is 12.1 Å². The first-order chi connectivity index (χ1) is 11.2. The first kappa shape index (κ1) is 20.2. The number of nitrogens with two attached hydrogens (primary N) is 1. The maximum Gasteiger partial charge on any atom is 0.178 e. The van der Waals surface area contributed by atoms with Crippen LogP contribution in [0.25, 0.3) is 0 Å². The van der Waals surface area contributed by atoms with Crippen molar-refractivity contribution in [1.29, 1.82) is 0 Å². The van der Waals surface area contributed by atoms with E-state index in [4.69, 9.17) is 19.9 Å². The third-order valence-corrected chi connectivity index (χ3v) is 5.16. The average Bonchev–Trinajstić information content (AvgIpc) is 2.49. The van der Waals surface area contributed by atoms with Crippen molar-refractivity contribution in [2.45, 2.75) is 32.6 Å². The molecule has 1 rings (SSSR count). The smallest absolute Gasteiger partial charge is 0.178 e. The van der Waals surface area contributed by atoms with E-state index >= 15 is 0 Å². The van der Waals surface area contributed by atoms with Crippen LogP contribution in [0.2, 0.25) is 25.7 Å². The summed E-state index contributed by atoms with van der Waals surface area (Å²) in [7, 11) is 1.92. The topological polar surface area (TPSA) is 83.1 Å². The predicted octanol–water partition coefficient (Wildman–Crippen LogP) is 2.98. The van der Waals surface area contributed by atoms with Crippen molar-refractivity contribution >= 4 is 25.3 Å². The Kier molecular flexibility index (Phi) is 7.43. The zero-order valence-corrected chi connectivity index (χ0v) is 16.4. The summed E-state index contributed by atoms with van der Waals surface area (Å²) in [5, 5.41) is 0. The zero-order chi connectivity index (χ0) is 18.3. The zero-order valence-electron chi connectivity index (χ0n) is 15.4. The number of benzene rings is 1. The first-order valence-corrected chi connectivity index (χ1v) is 11.6. The molecule has 7 heteroatoms. The van der Waals surface area contributed by atoms with Gasteiger partial charge in [0, 0.05) is 38.9 Å². The van der Waals surface area contributed by atoms with Gasteiger partial charge in [0.15, 0.2) is 17.3 Å². The molecule has 0 amide bonds.